The molecule has 0 spiro atoms. The molecule has 2 rings (SSSR count). The van der Waals surface area contributed by atoms with E-state index in [-0.39, 0.29) is 12.5 Å². The minimum atomic E-state index is -0.698. The molecule has 2 amide bonds. The number of hydrogen-bond acceptors (Lipinski definition) is 5. The van der Waals surface area contributed by atoms with Gasteiger partial charge in [0.15, 0.2) is 13.2 Å². The first-order valence-corrected chi connectivity index (χ1v) is 8.84. The number of ether oxygens (including phenoxy) is 2. The van der Waals surface area contributed by atoms with Gasteiger partial charge >= 0.3 is 5.97 Å². The molecule has 0 radical (unpaired) electrons. The van der Waals surface area contributed by atoms with E-state index in [0.717, 1.165) is 17.2 Å². The number of rotatable bonds is 9. The Morgan fingerprint density at radius 1 is 1.04 bits per heavy atom. The normalized spacial score (nSPS) is 11.5. The van der Waals surface area contributed by atoms with Crippen LogP contribution in [0.3, 0.4) is 0 Å². The van der Waals surface area contributed by atoms with Gasteiger partial charge < -0.3 is 20.1 Å². The molecule has 0 fully saturated rings. The van der Waals surface area contributed by atoms with E-state index in [4.69, 9.17) is 9.47 Å². The second kappa shape index (κ2) is 10.2. The maximum atomic E-state index is 11.7. The van der Waals surface area contributed by atoms with E-state index in [2.05, 4.69) is 10.6 Å². The quantitative estimate of drug-likeness (QED) is 0.655. The van der Waals surface area contributed by atoms with Gasteiger partial charge in [-0.25, -0.2) is 4.79 Å². The molecular weight excluding hydrogens is 348 g/mol. The third-order valence-electron chi connectivity index (χ3n) is 3.76. The van der Waals surface area contributed by atoms with E-state index in [0.29, 0.717) is 12.3 Å². The van der Waals surface area contributed by atoms with Crippen molar-refractivity contribution in [2.75, 3.05) is 19.8 Å². The molecule has 27 heavy (non-hydrogen) atoms. The molecule has 1 atom stereocenters. The monoisotopic (exact) mass is 372 g/mol. The highest BCUT2D eigenvalue weighted by Gasteiger charge is 2.16. The van der Waals surface area contributed by atoms with Gasteiger partial charge in [-0.2, -0.15) is 0 Å². The maximum absolute atomic E-state index is 11.7. The van der Waals surface area contributed by atoms with Crippen molar-refractivity contribution < 1.29 is 23.9 Å². The first kappa shape index (κ1) is 20.2. The van der Waals surface area contributed by atoms with Crippen LogP contribution in [0.2, 0.25) is 0 Å². The lowest BCUT2D eigenvalue weighted by Gasteiger charge is -2.14. The molecule has 0 bridgehead atoms. The van der Waals surface area contributed by atoms with Crippen molar-refractivity contribution in [1.82, 2.24) is 10.6 Å². The zero-order valence-corrected chi connectivity index (χ0v) is 15.5. The molecule has 0 saturated heterocycles. The van der Waals surface area contributed by atoms with Crippen molar-refractivity contribution in [2.24, 2.45) is 0 Å². The van der Waals surface area contributed by atoms with Crippen LogP contribution in [0.4, 0.5) is 0 Å². The molecule has 0 heterocycles. The standard InChI is InChI=1S/C20H24N2O5/c1-3-10-21-20(25)14(2)22-18(23)12-27-19(24)13-26-17-9-8-15-6-4-5-7-16(15)11-17/h4-9,11,14H,3,10,12-13H2,1-2H3,(H,21,25)(H,22,23)/t14-/m1/s1. The molecule has 7 nitrogen and oxygen atoms in total. The third-order valence-corrected chi connectivity index (χ3v) is 3.76. The number of benzene rings is 2. The minimum Gasteiger partial charge on any atom is -0.482 e. The Bertz CT molecular complexity index is 806. The van der Waals surface area contributed by atoms with Crippen molar-refractivity contribution >= 4 is 28.6 Å². The zero-order chi connectivity index (χ0) is 19.6. The lowest BCUT2D eigenvalue weighted by Crippen LogP contribution is -2.46. The second-order valence-electron chi connectivity index (χ2n) is 6.04. The molecule has 0 aliphatic carbocycles. The van der Waals surface area contributed by atoms with Crippen molar-refractivity contribution in [3.63, 3.8) is 0 Å². The highest BCUT2D eigenvalue weighted by molar-refractivity contribution is 5.88. The van der Waals surface area contributed by atoms with Crippen LogP contribution in [0.15, 0.2) is 42.5 Å². The van der Waals surface area contributed by atoms with Gasteiger partial charge in [-0.05, 0) is 36.2 Å². The summed E-state index contributed by atoms with van der Waals surface area (Å²) in [5, 5.41) is 7.21. The predicted molar refractivity (Wildman–Crippen MR) is 101 cm³/mol. The first-order chi connectivity index (χ1) is 13.0. The highest BCUT2D eigenvalue weighted by atomic mass is 16.6. The van der Waals surface area contributed by atoms with Crippen LogP contribution in [-0.4, -0.2) is 43.6 Å². The first-order valence-electron chi connectivity index (χ1n) is 8.84. The van der Waals surface area contributed by atoms with Crippen LogP contribution in [0.5, 0.6) is 5.75 Å². The number of carbonyl (C=O) groups excluding carboxylic acids is 3. The van der Waals surface area contributed by atoms with Crippen LogP contribution in [0, 0.1) is 0 Å². The smallest absolute Gasteiger partial charge is 0.344 e. The van der Waals surface area contributed by atoms with Gasteiger partial charge in [-0.15, -0.1) is 0 Å². The van der Waals surface area contributed by atoms with E-state index in [1.807, 2.05) is 43.3 Å². The van der Waals surface area contributed by atoms with Crippen LogP contribution in [0.1, 0.15) is 20.3 Å². The second-order valence-corrected chi connectivity index (χ2v) is 6.04. The molecule has 0 aliphatic heterocycles. The summed E-state index contributed by atoms with van der Waals surface area (Å²) in [6, 6.07) is 12.6. The van der Waals surface area contributed by atoms with Gasteiger partial charge in [-0.3, -0.25) is 9.59 Å². The zero-order valence-electron chi connectivity index (χ0n) is 15.5. The highest BCUT2D eigenvalue weighted by Crippen LogP contribution is 2.20. The van der Waals surface area contributed by atoms with Crippen molar-refractivity contribution in [1.29, 1.82) is 0 Å². The van der Waals surface area contributed by atoms with Crippen LogP contribution < -0.4 is 15.4 Å². The average Bonchev–Trinajstić information content (AvgIpc) is 2.68. The van der Waals surface area contributed by atoms with Gasteiger partial charge in [0.1, 0.15) is 11.8 Å². The summed E-state index contributed by atoms with van der Waals surface area (Å²) in [5.74, 6) is -0.956. The Labute approximate surface area is 158 Å². The summed E-state index contributed by atoms with van der Waals surface area (Å²) in [4.78, 5) is 35.2. The summed E-state index contributed by atoms with van der Waals surface area (Å²) in [6.45, 7) is 3.26. The van der Waals surface area contributed by atoms with E-state index in [1.54, 1.807) is 13.0 Å². The summed E-state index contributed by atoms with van der Waals surface area (Å²) in [6.07, 6.45) is 0.807. The largest absolute Gasteiger partial charge is 0.482 e. The summed E-state index contributed by atoms with van der Waals surface area (Å²) < 4.78 is 10.3. The van der Waals surface area contributed by atoms with Crippen LogP contribution >= 0.6 is 0 Å². The Kier molecular flexibility index (Phi) is 7.61. The van der Waals surface area contributed by atoms with Crippen molar-refractivity contribution in [2.45, 2.75) is 26.3 Å². The molecule has 0 aliphatic rings. The van der Waals surface area contributed by atoms with E-state index >= 15 is 0 Å². The molecule has 2 aromatic carbocycles. The van der Waals surface area contributed by atoms with Crippen LogP contribution in [0.25, 0.3) is 10.8 Å². The summed E-state index contributed by atoms with van der Waals surface area (Å²) in [7, 11) is 0. The van der Waals surface area contributed by atoms with E-state index < -0.39 is 24.5 Å². The molecule has 2 N–H and O–H groups in total. The summed E-state index contributed by atoms with van der Waals surface area (Å²) >= 11 is 0. The Morgan fingerprint density at radius 2 is 1.78 bits per heavy atom. The topological polar surface area (TPSA) is 93.7 Å². The summed E-state index contributed by atoms with van der Waals surface area (Å²) in [5.41, 5.74) is 0. The number of esters is 1. The third kappa shape index (κ3) is 6.62. The SMILES string of the molecule is CCCNC(=O)[C@@H](C)NC(=O)COC(=O)COc1ccc2ccccc2c1. The predicted octanol–water partition coefficient (Wildman–Crippen LogP) is 1.79. The number of hydrogen-bond donors (Lipinski definition) is 2. The molecule has 0 unspecified atom stereocenters. The molecule has 2 aromatic rings. The van der Waals surface area contributed by atoms with Crippen LogP contribution in [-0.2, 0) is 19.1 Å². The van der Waals surface area contributed by atoms with E-state index in [9.17, 15) is 14.4 Å². The van der Waals surface area contributed by atoms with Gasteiger partial charge in [0.2, 0.25) is 5.91 Å². The van der Waals surface area contributed by atoms with Crippen molar-refractivity contribution in [3.05, 3.63) is 42.5 Å². The number of nitrogens with one attached hydrogen (secondary N) is 2. The Hall–Kier alpha value is -3.09. The Morgan fingerprint density at radius 3 is 2.52 bits per heavy atom. The van der Waals surface area contributed by atoms with Gasteiger partial charge in [0.05, 0.1) is 0 Å². The minimum absolute atomic E-state index is 0.281. The van der Waals surface area contributed by atoms with Gasteiger partial charge in [0, 0.05) is 6.54 Å². The molecule has 0 aromatic heterocycles. The number of carbonyl (C=O) groups is 3. The molecule has 0 saturated carbocycles. The molecule has 7 heteroatoms. The molecule has 144 valence electrons. The fraction of sp³-hybridized carbons (Fsp3) is 0.350. The fourth-order valence-electron chi connectivity index (χ4n) is 2.34. The lowest BCUT2D eigenvalue weighted by atomic mass is 10.1. The average molecular weight is 372 g/mol. The fourth-order valence-corrected chi connectivity index (χ4v) is 2.34. The Balaban J connectivity index is 1.72. The number of fused-ring (bicyclic) bond motifs is 1. The lowest BCUT2D eigenvalue weighted by molar-refractivity contribution is -0.150. The maximum Gasteiger partial charge on any atom is 0.344 e. The van der Waals surface area contributed by atoms with E-state index in [1.165, 1.54) is 0 Å². The molecular formula is C20H24N2O5. The number of amides is 2. The van der Waals surface area contributed by atoms with Gasteiger partial charge in [0.25, 0.3) is 5.91 Å². The van der Waals surface area contributed by atoms with Gasteiger partial charge in [-0.1, -0.05) is 37.3 Å². The van der Waals surface area contributed by atoms with Crippen molar-refractivity contribution in [3.8, 4) is 5.75 Å².